The summed E-state index contributed by atoms with van der Waals surface area (Å²) in [4.78, 5) is 9.84. The number of guanidine groups is 1. The molecular formula is C20H34N4O2. The average molecular weight is 363 g/mol. The Morgan fingerprint density at radius 2 is 2.19 bits per heavy atom. The molecule has 1 aromatic heterocycles. The average Bonchev–Trinajstić information content (AvgIpc) is 3.34. The van der Waals surface area contributed by atoms with Gasteiger partial charge in [0.15, 0.2) is 5.96 Å². The molecule has 1 N–H and O–H groups in total. The van der Waals surface area contributed by atoms with Gasteiger partial charge in [-0.25, -0.2) is 0 Å². The first-order valence-electron chi connectivity index (χ1n) is 10.1. The Kier molecular flexibility index (Phi) is 7.83. The minimum atomic E-state index is 0.661. The molecule has 146 valence electrons. The van der Waals surface area contributed by atoms with E-state index in [2.05, 4.69) is 15.1 Å². The van der Waals surface area contributed by atoms with E-state index in [4.69, 9.17) is 14.1 Å². The lowest BCUT2D eigenvalue weighted by molar-refractivity contribution is 0.197. The predicted octanol–water partition coefficient (Wildman–Crippen LogP) is 2.22. The fourth-order valence-corrected chi connectivity index (χ4v) is 3.94. The van der Waals surface area contributed by atoms with Gasteiger partial charge in [-0.15, -0.1) is 0 Å². The van der Waals surface area contributed by atoms with E-state index >= 15 is 0 Å². The lowest BCUT2D eigenvalue weighted by atomic mass is 10.1. The van der Waals surface area contributed by atoms with Gasteiger partial charge in [-0.1, -0.05) is 6.42 Å². The van der Waals surface area contributed by atoms with Gasteiger partial charge in [0.1, 0.15) is 5.76 Å². The quantitative estimate of drug-likeness (QED) is 0.437. The monoisotopic (exact) mass is 362 g/mol. The standard InChI is InChI=1S/C20H34N4O2/c1-25-15-10-22-20(21-9-7-19-6-5-14-26-19)24-13-8-18(17-24)16-23-11-3-2-4-12-23/h5-6,14,18H,2-4,7-13,15-17H2,1H3,(H,21,22). The summed E-state index contributed by atoms with van der Waals surface area (Å²) in [6.07, 6.45) is 8.02. The van der Waals surface area contributed by atoms with Crippen molar-refractivity contribution in [2.24, 2.45) is 10.9 Å². The van der Waals surface area contributed by atoms with Crippen molar-refractivity contribution in [3.05, 3.63) is 24.2 Å². The maximum atomic E-state index is 5.42. The summed E-state index contributed by atoms with van der Waals surface area (Å²) in [5.74, 6) is 2.79. The van der Waals surface area contributed by atoms with Crippen molar-refractivity contribution in [1.29, 1.82) is 0 Å². The van der Waals surface area contributed by atoms with Crippen LogP contribution in [0.4, 0.5) is 0 Å². The van der Waals surface area contributed by atoms with E-state index in [1.807, 2.05) is 12.1 Å². The minimum absolute atomic E-state index is 0.661. The van der Waals surface area contributed by atoms with Crippen molar-refractivity contribution < 1.29 is 9.15 Å². The highest BCUT2D eigenvalue weighted by Crippen LogP contribution is 2.20. The first kappa shape index (κ1) is 19.2. The van der Waals surface area contributed by atoms with Crippen molar-refractivity contribution in [1.82, 2.24) is 15.1 Å². The Labute approximate surface area is 157 Å². The van der Waals surface area contributed by atoms with Gasteiger partial charge in [0.2, 0.25) is 0 Å². The number of likely N-dealkylation sites (tertiary alicyclic amines) is 2. The number of methoxy groups -OCH3 is 1. The van der Waals surface area contributed by atoms with Crippen LogP contribution in [-0.2, 0) is 11.2 Å². The van der Waals surface area contributed by atoms with Crippen molar-refractivity contribution >= 4 is 5.96 Å². The molecule has 0 spiro atoms. The largest absolute Gasteiger partial charge is 0.469 e. The third-order valence-corrected chi connectivity index (χ3v) is 5.34. The molecule has 0 radical (unpaired) electrons. The summed E-state index contributed by atoms with van der Waals surface area (Å²) < 4.78 is 10.6. The van der Waals surface area contributed by atoms with Crippen LogP contribution in [0, 0.1) is 5.92 Å². The molecule has 3 rings (SSSR count). The molecule has 0 amide bonds. The maximum absolute atomic E-state index is 5.42. The molecule has 2 aliphatic heterocycles. The van der Waals surface area contributed by atoms with Gasteiger partial charge in [0.25, 0.3) is 0 Å². The SMILES string of the molecule is COCCN=C(NCCc1ccco1)N1CCC(CN2CCCCC2)C1. The highest BCUT2D eigenvalue weighted by atomic mass is 16.5. The number of rotatable bonds is 8. The van der Waals surface area contributed by atoms with Crippen LogP contribution in [-0.4, -0.2) is 75.3 Å². The number of nitrogens with one attached hydrogen (secondary N) is 1. The second-order valence-corrected chi connectivity index (χ2v) is 7.42. The van der Waals surface area contributed by atoms with Crippen molar-refractivity contribution in [3.63, 3.8) is 0 Å². The third kappa shape index (κ3) is 6.02. The van der Waals surface area contributed by atoms with E-state index < -0.39 is 0 Å². The summed E-state index contributed by atoms with van der Waals surface area (Å²) in [5.41, 5.74) is 0. The summed E-state index contributed by atoms with van der Waals surface area (Å²) in [6.45, 7) is 8.22. The summed E-state index contributed by atoms with van der Waals surface area (Å²) in [5, 5.41) is 3.53. The van der Waals surface area contributed by atoms with Crippen molar-refractivity contribution in [2.45, 2.75) is 32.1 Å². The highest BCUT2D eigenvalue weighted by Gasteiger charge is 2.27. The minimum Gasteiger partial charge on any atom is -0.469 e. The van der Waals surface area contributed by atoms with E-state index in [1.54, 1.807) is 13.4 Å². The number of hydrogen-bond acceptors (Lipinski definition) is 4. The van der Waals surface area contributed by atoms with Crippen molar-refractivity contribution in [2.75, 3.05) is 59.5 Å². The number of aliphatic imine (C=N–C) groups is 1. The lowest BCUT2D eigenvalue weighted by Gasteiger charge is -2.29. The van der Waals surface area contributed by atoms with Crippen molar-refractivity contribution in [3.8, 4) is 0 Å². The molecule has 1 aromatic rings. The number of furan rings is 1. The molecule has 0 aliphatic carbocycles. The molecule has 6 heteroatoms. The molecule has 2 aliphatic rings. The third-order valence-electron chi connectivity index (χ3n) is 5.34. The van der Waals surface area contributed by atoms with E-state index in [-0.39, 0.29) is 0 Å². The molecule has 6 nitrogen and oxygen atoms in total. The molecule has 3 heterocycles. The molecule has 0 aromatic carbocycles. The lowest BCUT2D eigenvalue weighted by Crippen LogP contribution is -2.42. The number of piperidine rings is 1. The normalized spacial score (nSPS) is 22.1. The number of ether oxygens (including phenoxy) is 1. The second kappa shape index (κ2) is 10.6. The fraction of sp³-hybridized carbons (Fsp3) is 0.750. The molecule has 1 unspecified atom stereocenters. The topological polar surface area (TPSA) is 53.2 Å². The highest BCUT2D eigenvalue weighted by molar-refractivity contribution is 5.80. The van der Waals surface area contributed by atoms with E-state index in [0.29, 0.717) is 13.2 Å². The van der Waals surface area contributed by atoms with E-state index in [9.17, 15) is 0 Å². The van der Waals surface area contributed by atoms with Crippen LogP contribution >= 0.6 is 0 Å². The zero-order chi connectivity index (χ0) is 18.0. The van der Waals surface area contributed by atoms with Crippen LogP contribution in [0.2, 0.25) is 0 Å². The van der Waals surface area contributed by atoms with Gasteiger partial charge in [0.05, 0.1) is 19.4 Å². The fourth-order valence-electron chi connectivity index (χ4n) is 3.94. The Morgan fingerprint density at radius 3 is 2.96 bits per heavy atom. The van der Waals surface area contributed by atoms with Gasteiger partial charge in [-0.05, 0) is 50.4 Å². The summed E-state index contributed by atoms with van der Waals surface area (Å²) in [7, 11) is 1.73. The van der Waals surface area contributed by atoms with E-state index in [0.717, 1.165) is 43.7 Å². The Hall–Kier alpha value is -1.53. The van der Waals surface area contributed by atoms with Crippen LogP contribution < -0.4 is 5.32 Å². The van der Waals surface area contributed by atoms with Gasteiger partial charge in [-0.3, -0.25) is 4.99 Å². The Balaban J connectivity index is 1.48. The molecule has 0 bridgehead atoms. The van der Waals surface area contributed by atoms with Gasteiger partial charge in [0, 0.05) is 39.7 Å². The molecule has 1 atom stereocenters. The smallest absolute Gasteiger partial charge is 0.194 e. The first-order valence-corrected chi connectivity index (χ1v) is 10.1. The van der Waals surface area contributed by atoms with Crippen LogP contribution in [0.3, 0.4) is 0 Å². The summed E-state index contributed by atoms with van der Waals surface area (Å²) >= 11 is 0. The Bertz CT molecular complexity index is 526. The van der Waals surface area contributed by atoms with E-state index in [1.165, 1.54) is 45.3 Å². The van der Waals surface area contributed by atoms with Gasteiger partial charge < -0.3 is 24.3 Å². The van der Waals surface area contributed by atoms with Gasteiger partial charge in [-0.2, -0.15) is 0 Å². The zero-order valence-electron chi connectivity index (χ0n) is 16.2. The molecule has 0 saturated carbocycles. The molecule has 26 heavy (non-hydrogen) atoms. The van der Waals surface area contributed by atoms with Gasteiger partial charge >= 0.3 is 0 Å². The predicted molar refractivity (Wildman–Crippen MR) is 105 cm³/mol. The van der Waals surface area contributed by atoms with Crippen LogP contribution in [0.25, 0.3) is 0 Å². The maximum Gasteiger partial charge on any atom is 0.194 e. The first-order chi connectivity index (χ1) is 12.8. The summed E-state index contributed by atoms with van der Waals surface area (Å²) in [6, 6.07) is 3.96. The molecular weight excluding hydrogens is 328 g/mol. The van der Waals surface area contributed by atoms with Crippen LogP contribution in [0.15, 0.2) is 27.8 Å². The molecule has 2 fully saturated rings. The zero-order valence-corrected chi connectivity index (χ0v) is 16.2. The second-order valence-electron chi connectivity index (χ2n) is 7.42. The Morgan fingerprint density at radius 1 is 1.31 bits per heavy atom. The van der Waals surface area contributed by atoms with Crippen LogP contribution in [0.1, 0.15) is 31.4 Å². The number of nitrogens with zero attached hydrogens (tertiary/aromatic N) is 3. The number of hydrogen-bond donors (Lipinski definition) is 1. The molecule has 2 saturated heterocycles. The van der Waals surface area contributed by atoms with Crippen LogP contribution in [0.5, 0.6) is 0 Å².